The first-order valence-electron chi connectivity index (χ1n) is 4.81. The van der Waals surface area contributed by atoms with Crippen molar-refractivity contribution < 1.29 is 22.4 Å². The summed E-state index contributed by atoms with van der Waals surface area (Å²) in [4.78, 5) is 11.5. The molecule has 0 radical (unpaired) electrons. The van der Waals surface area contributed by atoms with Gasteiger partial charge in [0, 0.05) is 5.92 Å². The van der Waals surface area contributed by atoms with Gasteiger partial charge in [0.15, 0.2) is 5.78 Å². The molecule has 0 N–H and O–H groups in total. The van der Waals surface area contributed by atoms with E-state index in [2.05, 4.69) is 0 Å². The Labute approximate surface area is 89.1 Å². The van der Waals surface area contributed by atoms with Crippen LogP contribution in [0.1, 0.15) is 28.8 Å². The Kier molecular flexibility index (Phi) is 2.48. The van der Waals surface area contributed by atoms with Crippen LogP contribution in [0.5, 0.6) is 0 Å². The monoisotopic (exact) mass is 232 g/mol. The molecule has 0 saturated heterocycles. The highest BCUT2D eigenvalue weighted by Gasteiger charge is 2.38. The van der Waals surface area contributed by atoms with Crippen molar-refractivity contribution in [3.8, 4) is 0 Å². The highest BCUT2D eigenvalue weighted by atomic mass is 19.4. The van der Waals surface area contributed by atoms with Crippen LogP contribution in [0.4, 0.5) is 17.6 Å². The third-order valence-corrected chi connectivity index (χ3v) is 2.52. The molecule has 1 aromatic carbocycles. The first kappa shape index (κ1) is 11.1. The number of alkyl halides is 3. The van der Waals surface area contributed by atoms with Crippen LogP contribution in [0.2, 0.25) is 0 Å². The number of Topliss-reactive ketones (excluding diaryl/α,β-unsaturated/α-hetero) is 1. The number of halogens is 4. The smallest absolute Gasteiger partial charge is 0.294 e. The maximum Gasteiger partial charge on any atom is 0.419 e. The Morgan fingerprint density at radius 2 is 1.88 bits per heavy atom. The number of carbonyl (C=O) groups is 1. The third-order valence-electron chi connectivity index (χ3n) is 2.52. The maximum absolute atomic E-state index is 13.5. The third kappa shape index (κ3) is 1.94. The van der Waals surface area contributed by atoms with Gasteiger partial charge in [-0.1, -0.05) is 6.07 Å². The van der Waals surface area contributed by atoms with Crippen LogP contribution < -0.4 is 0 Å². The van der Waals surface area contributed by atoms with Gasteiger partial charge in [-0.05, 0) is 25.0 Å². The minimum Gasteiger partial charge on any atom is -0.294 e. The maximum atomic E-state index is 13.5. The van der Waals surface area contributed by atoms with E-state index in [1.807, 2.05) is 0 Å². The second-order valence-corrected chi connectivity index (χ2v) is 3.80. The molecule has 0 unspecified atom stereocenters. The first-order chi connectivity index (χ1) is 7.41. The molecule has 1 nitrogen and oxygen atoms in total. The van der Waals surface area contributed by atoms with Gasteiger partial charge in [0.05, 0.1) is 11.1 Å². The summed E-state index contributed by atoms with van der Waals surface area (Å²) in [6, 6.07) is 2.80. The Bertz CT molecular complexity index is 432. The van der Waals surface area contributed by atoms with Crippen molar-refractivity contribution >= 4 is 5.78 Å². The van der Waals surface area contributed by atoms with Crippen molar-refractivity contribution in [2.24, 2.45) is 5.92 Å². The SMILES string of the molecule is O=C(c1cccc(C(F)(F)F)c1F)C1CC1. The molecule has 0 spiro atoms. The lowest BCUT2D eigenvalue weighted by Crippen LogP contribution is -2.13. The van der Waals surface area contributed by atoms with Gasteiger partial charge in [-0.3, -0.25) is 4.79 Å². The Hall–Kier alpha value is -1.39. The second-order valence-electron chi connectivity index (χ2n) is 3.80. The summed E-state index contributed by atoms with van der Waals surface area (Å²) in [6.45, 7) is 0. The zero-order valence-corrected chi connectivity index (χ0v) is 8.14. The van der Waals surface area contributed by atoms with E-state index in [1.54, 1.807) is 0 Å². The van der Waals surface area contributed by atoms with E-state index in [0.717, 1.165) is 12.1 Å². The van der Waals surface area contributed by atoms with Crippen molar-refractivity contribution in [1.82, 2.24) is 0 Å². The van der Waals surface area contributed by atoms with Crippen molar-refractivity contribution in [3.63, 3.8) is 0 Å². The molecule has 1 aliphatic rings. The molecule has 0 aliphatic heterocycles. The van der Waals surface area contributed by atoms with Crippen LogP contribution >= 0.6 is 0 Å². The van der Waals surface area contributed by atoms with Crippen molar-refractivity contribution in [2.45, 2.75) is 19.0 Å². The highest BCUT2D eigenvalue weighted by molar-refractivity contribution is 5.99. The number of hydrogen-bond donors (Lipinski definition) is 0. The van der Waals surface area contributed by atoms with Gasteiger partial charge >= 0.3 is 6.18 Å². The van der Waals surface area contributed by atoms with Crippen LogP contribution in [0.15, 0.2) is 18.2 Å². The van der Waals surface area contributed by atoms with Crippen LogP contribution in [-0.4, -0.2) is 5.78 Å². The molecular weight excluding hydrogens is 224 g/mol. The molecule has 1 fully saturated rings. The van der Waals surface area contributed by atoms with Crippen LogP contribution in [0.25, 0.3) is 0 Å². The lowest BCUT2D eigenvalue weighted by Gasteiger charge is -2.10. The molecule has 0 heterocycles. The Morgan fingerprint density at radius 1 is 1.25 bits per heavy atom. The fraction of sp³-hybridized carbons (Fsp3) is 0.364. The van der Waals surface area contributed by atoms with Crippen LogP contribution in [0, 0.1) is 11.7 Å². The van der Waals surface area contributed by atoms with Gasteiger partial charge in [-0.15, -0.1) is 0 Å². The minimum atomic E-state index is -4.76. The standard InChI is InChI=1S/C11H8F4O/c12-9-7(10(16)6-4-5-6)2-1-3-8(9)11(13,14)15/h1-3,6H,4-5H2. The predicted octanol–water partition coefficient (Wildman–Crippen LogP) is 3.44. The topological polar surface area (TPSA) is 17.1 Å². The van der Waals surface area contributed by atoms with Crippen LogP contribution in [0.3, 0.4) is 0 Å². The van der Waals surface area contributed by atoms with E-state index >= 15 is 0 Å². The molecule has 16 heavy (non-hydrogen) atoms. The first-order valence-corrected chi connectivity index (χ1v) is 4.81. The molecule has 0 bridgehead atoms. The fourth-order valence-electron chi connectivity index (χ4n) is 1.51. The van der Waals surface area contributed by atoms with E-state index in [4.69, 9.17) is 0 Å². The number of hydrogen-bond acceptors (Lipinski definition) is 1. The Balaban J connectivity index is 2.44. The van der Waals surface area contributed by atoms with Gasteiger partial charge < -0.3 is 0 Å². The summed E-state index contributed by atoms with van der Waals surface area (Å²) < 4.78 is 50.5. The summed E-state index contributed by atoms with van der Waals surface area (Å²) in [5.41, 5.74) is -1.82. The van der Waals surface area contributed by atoms with E-state index in [0.29, 0.717) is 18.9 Å². The van der Waals surface area contributed by atoms with E-state index in [1.165, 1.54) is 0 Å². The lowest BCUT2D eigenvalue weighted by molar-refractivity contribution is -0.140. The fourth-order valence-corrected chi connectivity index (χ4v) is 1.51. The molecule has 0 aromatic heterocycles. The van der Waals surface area contributed by atoms with E-state index in [-0.39, 0.29) is 5.92 Å². The number of carbonyl (C=O) groups excluding carboxylic acids is 1. The average molecular weight is 232 g/mol. The average Bonchev–Trinajstić information content (AvgIpc) is 2.98. The zero-order valence-electron chi connectivity index (χ0n) is 8.14. The number of benzene rings is 1. The molecular formula is C11H8F4O. The van der Waals surface area contributed by atoms with Crippen molar-refractivity contribution in [2.75, 3.05) is 0 Å². The van der Waals surface area contributed by atoms with E-state index in [9.17, 15) is 22.4 Å². The normalized spacial score (nSPS) is 16.2. The van der Waals surface area contributed by atoms with Crippen molar-refractivity contribution in [3.05, 3.63) is 35.1 Å². The summed E-state index contributed by atoms with van der Waals surface area (Å²) in [6.07, 6.45) is -3.49. The Morgan fingerprint density at radius 3 is 2.38 bits per heavy atom. The molecule has 1 aromatic rings. The molecule has 1 aliphatic carbocycles. The molecule has 86 valence electrons. The second kappa shape index (κ2) is 3.57. The van der Waals surface area contributed by atoms with Crippen molar-refractivity contribution in [1.29, 1.82) is 0 Å². The zero-order chi connectivity index (χ0) is 11.9. The van der Waals surface area contributed by atoms with E-state index < -0.39 is 28.9 Å². The quantitative estimate of drug-likeness (QED) is 0.564. The lowest BCUT2D eigenvalue weighted by atomic mass is 10.0. The number of ketones is 1. The minimum absolute atomic E-state index is 0.294. The predicted molar refractivity (Wildman–Crippen MR) is 48.5 cm³/mol. The molecule has 1 saturated carbocycles. The van der Waals surface area contributed by atoms with Gasteiger partial charge in [-0.2, -0.15) is 13.2 Å². The molecule has 5 heteroatoms. The summed E-state index contributed by atoms with van der Waals surface area (Å²) in [5, 5.41) is 0. The molecule has 0 amide bonds. The number of rotatable bonds is 2. The van der Waals surface area contributed by atoms with Gasteiger partial charge in [-0.25, -0.2) is 4.39 Å². The summed E-state index contributed by atoms with van der Waals surface area (Å²) in [5.74, 6) is -2.27. The summed E-state index contributed by atoms with van der Waals surface area (Å²) in [7, 11) is 0. The molecule has 2 rings (SSSR count). The van der Waals surface area contributed by atoms with Crippen LogP contribution in [-0.2, 0) is 6.18 Å². The van der Waals surface area contributed by atoms with Gasteiger partial charge in [0.1, 0.15) is 5.82 Å². The summed E-state index contributed by atoms with van der Waals surface area (Å²) >= 11 is 0. The highest BCUT2D eigenvalue weighted by Crippen LogP contribution is 2.36. The van der Waals surface area contributed by atoms with Gasteiger partial charge in [0.2, 0.25) is 0 Å². The molecule has 0 atom stereocenters. The van der Waals surface area contributed by atoms with Gasteiger partial charge in [0.25, 0.3) is 0 Å². The largest absolute Gasteiger partial charge is 0.419 e.